The van der Waals surface area contributed by atoms with Gasteiger partial charge in [-0.2, -0.15) is 0 Å². The van der Waals surface area contributed by atoms with Gasteiger partial charge in [0.15, 0.2) is 0 Å². The molecule has 1 heterocycles. The van der Waals surface area contributed by atoms with Crippen molar-refractivity contribution in [3.63, 3.8) is 0 Å². The zero-order chi connectivity index (χ0) is 17.7. The highest BCUT2D eigenvalue weighted by Crippen LogP contribution is 2.35. The minimum absolute atomic E-state index is 0.0519. The largest absolute Gasteiger partial charge is 0.634 e. The van der Waals surface area contributed by atoms with Crippen molar-refractivity contribution in [3.05, 3.63) is 59.7 Å². The molecule has 2 aromatic carbocycles. The van der Waals surface area contributed by atoms with Gasteiger partial charge in [0.2, 0.25) is 0 Å². The average molecular weight is 328 g/mol. The van der Waals surface area contributed by atoms with E-state index in [2.05, 4.69) is 24.3 Å². The summed E-state index contributed by atoms with van der Waals surface area (Å²) >= 11 is 0. The van der Waals surface area contributed by atoms with E-state index in [1.807, 2.05) is 45.0 Å². The molecule has 5 heteroatoms. The Hall–Kier alpha value is -1.82. The van der Waals surface area contributed by atoms with Gasteiger partial charge >= 0.3 is 7.32 Å². The Kier molecular flexibility index (Phi) is 6.05. The van der Waals surface area contributed by atoms with Gasteiger partial charge < -0.3 is 19.4 Å². The number of rotatable bonds is 2. The van der Waals surface area contributed by atoms with Gasteiger partial charge in [-0.05, 0) is 35.6 Å². The second-order valence-corrected chi connectivity index (χ2v) is 6.96. The molecule has 0 fully saturated rings. The standard InChI is InChI=1S/C13H10O.C6H15BO3/c1-3-7-12-10(5-1)9-11-6-2-4-8-13(11)14-12;1-5(6(2,3)4)10-7(8)9/h1-8H,9H2;5,8-9H,1-4H3. The molecule has 0 saturated carbocycles. The maximum atomic E-state index is 8.42. The Bertz CT molecular complexity index is 577. The van der Waals surface area contributed by atoms with Crippen LogP contribution in [0, 0.1) is 5.41 Å². The SMILES string of the molecule is CC(OB(O)O)C(C)(C)C.c1ccc2c(c1)Cc1ccccc1O2. The van der Waals surface area contributed by atoms with E-state index in [-0.39, 0.29) is 11.5 Å². The van der Waals surface area contributed by atoms with Crippen molar-refractivity contribution < 1.29 is 19.4 Å². The fraction of sp³-hybridized carbons (Fsp3) is 0.368. The minimum Gasteiger partial charge on any atom is -0.457 e. The molecule has 2 aromatic rings. The molecule has 2 N–H and O–H groups in total. The lowest BCUT2D eigenvalue weighted by atomic mass is 9.89. The molecule has 0 saturated heterocycles. The van der Waals surface area contributed by atoms with Crippen molar-refractivity contribution in [2.45, 2.75) is 40.2 Å². The summed E-state index contributed by atoms with van der Waals surface area (Å²) in [5.41, 5.74) is 2.49. The molecule has 4 nitrogen and oxygen atoms in total. The molecule has 0 bridgehead atoms. The van der Waals surface area contributed by atoms with Crippen LogP contribution in [0.25, 0.3) is 0 Å². The summed E-state index contributed by atoms with van der Waals surface area (Å²) < 4.78 is 10.5. The first-order chi connectivity index (χ1) is 11.3. The quantitative estimate of drug-likeness (QED) is 0.703. The minimum atomic E-state index is -1.66. The Morgan fingerprint density at radius 3 is 1.79 bits per heavy atom. The monoisotopic (exact) mass is 328 g/mol. The molecule has 0 spiro atoms. The molecule has 1 atom stereocenters. The van der Waals surface area contributed by atoms with Crippen LogP contribution >= 0.6 is 0 Å². The van der Waals surface area contributed by atoms with Crippen molar-refractivity contribution in [1.82, 2.24) is 0 Å². The third-order valence-electron chi connectivity index (χ3n) is 4.09. The zero-order valence-corrected chi connectivity index (χ0v) is 14.7. The van der Waals surface area contributed by atoms with E-state index in [1.54, 1.807) is 6.92 Å². The number of para-hydroxylation sites is 2. The molecular weight excluding hydrogens is 303 g/mol. The fourth-order valence-corrected chi connectivity index (χ4v) is 2.21. The Morgan fingerprint density at radius 2 is 1.42 bits per heavy atom. The highest BCUT2D eigenvalue weighted by atomic mass is 16.6. The van der Waals surface area contributed by atoms with Gasteiger partial charge in [0.05, 0.1) is 0 Å². The third kappa shape index (κ3) is 5.10. The Labute approximate surface area is 144 Å². The molecule has 0 radical (unpaired) electrons. The van der Waals surface area contributed by atoms with Crippen LogP contribution < -0.4 is 4.74 Å². The van der Waals surface area contributed by atoms with Gasteiger partial charge in [0, 0.05) is 12.5 Å². The Morgan fingerprint density at radius 1 is 0.958 bits per heavy atom. The van der Waals surface area contributed by atoms with E-state index in [1.165, 1.54) is 11.1 Å². The number of hydrogen-bond donors (Lipinski definition) is 2. The van der Waals surface area contributed by atoms with E-state index in [9.17, 15) is 0 Å². The van der Waals surface area contributed by atoms with Crippen LogP contribution in [-0.2, 0) is 11.1 Å². The van der Waals surface area contributed by atoms with Crippen LogP contribution in [0.1, 0.15) is 38.8 Å². The number of fused-ring (bicyclic) bond motifs is 2. The molecule has 1 aliphatic heterocycles. The van der Waals surface area contributed by atoms with Crippen LogP contribution in [0.3, 0.4) is 0 Å². The van der Waals surface area contributed by atoms with Gasteiger partial charge in [-0.1, -0.05) is 57.2 Å². The smallest absolute Gasteiger partial charge is 0.457 e. The summed E-state index contributed by atoms with van der Waals surface area (Å²) in [6, 6.07) is 16.4. The molecular formula is C19H25BO4. The number of hydrogen-bond acceptors (Lipinski definition) is 4. The summed E-state index contributed by atoms with van der Waals surface area (Å²) in [4.78, 5) is 0. The molecule has 1 aliphatic rings. The van der Waals surface area contributed by atoms with Crippen molar-refractivity contribution in [1.29, 1.82) is 0 Å². The lowest BCUT2D eigenvalue weighted by molar-refractivity contribution is 0.0534. The maximum Gasteiger partial charge on any atom is 0.634 e. The summed E-state index contributed by atoms with van der Waals surface area (Å²) in [7, 11) is -1.66. The first kappa shape index (κ1) is 18.5. The first-order valence-electron chi connectivity index (χ1n) is 8.12. The van der Waals surface area contributed by atoms with E-state index in [0.29, 0.717) is 0 Å². The lowest BCUT2D eigenvalue weighted by Crippen LogP contribution is -2.33. The normalized spacial score (nSPS) is 13.6. The number of ether oxygens (including phenoxy) is 1. The van der Waals surface area contributed by atoms with Crippen molar-refractivity contribution in [3.8, 4) is 11.5 Å². The second-order valence-electron chi connectivity index (χ2n) is 6.96. The van der Waals surface area contributed by atoms with E-state index in [0.717, 1.165) is 17.9 Å². The van der Waals surface area contributed by atoms with Crippen molar-refractivity contribution in [2.24, 2.45) is 5.41 Å². The summed E-state index contributed by atoms with van der Waals surface area (Å²) in [6.45, 7) is 7.72. The number of benzene rings is 2. The lowest BCUT2D eigenvalue weighted by Gasteiger charge is -2.27. The van der Waals surface area contributed by atoms with Crippen LogP contribution in [-0.4, -0.2) is 23.5 Å². The van der Waals surface area contributed by atoms with Crippen molar-refractivity contribution >= 4 is 7.32 Å². The molecule has 0 amide bonds. The maximum absolute atomic E-state index is 8.42. The van der Waals surface area contributed by atoms with Gasteiger partial charge in [0.25, 0.3) is 0 Å². The van der Waals surface area contributed by atoms with E-state index >= 15 is 0 Å². The molecule has 3 rings (SSSR count). The molecule has 24 heavy (non-hydrogen) atoms. The third-order valence-corrected chi connectivity index (χ3v) is 4.09. The summed E-state index contributed by atoms with van der Waals surface area (Å²) in [5, 5.41) is 16.8. The highest BCUT2D eigenvalue weighted by molar-refractivity contribution is 6.32. The van der Waals surface area contributed by atoms with Gasteiger partial charge in [-0.15, -0.1) is 0 Å². The van der Waals surface area contributed by atoms with Crippen molar-refractivity contribution in [2.75, 3.05) is 0 Å². The van der Waals surface area contributed by atoms with Crippen LogP contribution in [0.2, 0.25) is 0 Å². The van der Waals surface area contributed by atoms with Gasteiger partial charge in [-0.25, -0.2) is 0 Å². The first-order valence-corrected chi connectivity index (χ1v) is 8.12. The molecule has 128 valence electrons. The molecule has 1 unspecified atom stereocenters. The molecule has 0 aliphatic carbocycles. The van der Waals surface area contributed by atoms with E-state index in [4.69, 9.17) is 19.4 Å². The Balaban J connectivity index is 0.000000187. The zero-order valence-electron chi connectivity index (χ0n) is 14.7. The average Bonchev–Trinajstić information content (AvgIpc) is 2.52. The topological polar surface area (TPSA) is 58.9 Å². The highest BCUT2D eigenvalue weighted by Gasteiger charge is 2.24. The van der Waals surface area contributed by atoms with Crippen LogP contribution in [0.15, 0.2) is 48.5 Å². The van der Waals surface area contributed by atoms with Gasteiger partial charge in [0.1, 0.15) is 11.5 Å². The fourth-order valence-electron chi connectivity index (χ4n) is 2.21. The van der Waals surface area contributed by atoms with Crippen LogP contribution in [0.5, 0.6) is 11.5 Å². The molecule has 0 aromatic heterocycles. The summed E-state index contributed by atoms with van der Waals surface area (Å²) in [5.74, 6) is 1.98. The van der Waals surface area contributed by atoms with E-state index < -0.39 is 7.32 Å². The second kappa shape index (κ2) is 7.84. The van der Waals surface area contributed by atoms with Crippen LogP contribution in [0.4, 0.5) is 0 Å². The summed E-state index contributed by atoms with van der Waals surface area (Å²) in [6.07, 6.45) is 0.819. The predicted molar refractivity (Wildman–Crippen MR) is 96.0 cm³/mol. The predicted octanol–water partition coefficient (Wildman–Crippen LogP) is 3.79. The van der Waals surface area contributed by atoms with Gasteiger partial charge in [-0.3, -0.25) is 0 Å².